The van der Waals surface area contributed by atoms with Gasteiger partial charge in [0.25, 0.3) is 0 Å². The van der Waals surface area contributed by atoms with Gasteiger partial charge < -0.3 is 15.7 Å². The molecule has 0 unspecified atom stereocenters. The lowest BCUT2D eigenvalue weighted by Gasteiger charge is -2.14. The summed E-state index contributed by atoms with van der Waals surface area (Å²) in [5, 5.41) is 15.7. The molecule has 3 N–H and O–H groups in total. The third-order valence-corrected chi connectivity index (χ3v) is 3.80. The third kappa shape index (κ3) is 3.54. The van der Waals surface area contributed by atoms with Crippen molar-refractivity contribution in [1.29, 1.82) is 0 Å². The van der Waals surface area contributed by atoms with Gasteiger partial charge in [-0.2, -0.15) is 4.98 Å². The molecule has 1 aliphatic rings. The summed E-state index contributed by atoms with van der Waals surface area (Å²) in [6, 6.07) is 10.1. The van der Waals surface area contributed by atoms with Gasteiger partial charge in [-0.25, -0.2) is 4.98 Å². The number of para-hydroxylation sites is 1. The molecule has 0 spiro atoms. The Kier molecular flexibility index (Phi) is 4.24. The first-order valence-electron chi connectivity index (χ1n) is 7.74. The standard InChI is InChI=1S/C17H22N4O/c1-11-5-3-4-6-14(11)19-16-9-15(13-7-8-13)20-17(21-16)18-12(2)10-22/h3-6,9,12-13,22H,7-8,10H2,1-2H3,(H2,18,19,20,21)/t12-/m1/s1. The highest BCUT2D eigenvalue weighted by atomic mass is 16.3. The Labute approximate surface area is 130 Å². The fourth-order valence-corrected chi connectivity index (χ4v) is 2.30. The van der Waals surface area contributed by atoms with Crippen LogP contribution in [0.15, 0.2) is 30.3 Å². The molecular formula is C17H22N4O. The number of anilines is 3. The lowest BCUT2D eigenvalue weighted by Crippen LogP contribution is -2.21. The van der Waals surface area contributed by atoms with Crippen molar-refractivity contribution in [3.8, 4) is 0 Å². The minimum Gasteiger partial charge on any atom is -0.394 e. The van der Waals surface area contributed by atoms with Gasteiger partial charge in [-0.15, -0.1) is 0 Å². The quantitative estimate of drug-likeness (QED) is 0.764. The van der Waals surface area contributed by atoms with Gasteiger partial charge in [-0.1, -0.05) is 18.2 Å². The molecule has 3 rings (SSSR count). The molecule has 2 aromatic rings. The van der Waals surface area contributed by atoms with E-state index in [4.69, 9.17) is 0 Å². The number of aliphatic hydroxyl groups excluding tert-OH is 1. The van der Waals surface area contributed by atoms with Crippen LogP contribution in [-0.4, -0.2) is 27.7 Å². The number of aromatic nitrogens is 2. The van der Waals surface area contributed by atoms with Crippen molar-refractivity contribution < 1.29 is 5.11 Å². The number of benzene rings is 1. The van der Waals surface area contributed by atoms with Crippen molar-refractivity contribution in [2.24, 2.45) is 0 Å². The Morgan fingerprint density at radius 1 is 1.27 bits per heavy atom. The largest absolute Gasteiger partial charge is 0.394 e. The highest BCUT2D eigenvalue weighted by molar-refractivity contribution is 5.61. The summed E-state index contributed by atoms with van der Waals surface area (Å²) in [4.78, 5) is 9.10. The normalized spacial score (nSPS) is 15.4. The molecule has 1 heterocycles. The summed E-state index contributed by atoms with van der Waals surface area (Å²) in [6.45, 7) is 4.03. The van der Waals surface area contributed by atoms with Crippen LogP contribution in [0.25, 0.3) is 0 Å². The van der Waals surface area contributed by atoms with E-state index in [0.717, 1.165) is 17.2 Å². The van der Waals surface area contributed by atoms with Gasteiger partial charge >= 0.3 is 0 Å². The van der Waals surface area contributed by atoms with Crippen LogP contribution in [-0.2, 0) is 0 Å². The first-order valence-corrected chi connectivity index (χ1v) is 7.74. The first kappa shape index (κ1) is 14.8. The molecule has 1 fully saturated rings. The van der Waals surface area contributed by atoms with Gasteiger partial charge in [0.1, 0.15) is 5.82 Å². The number of hydrogen-bond acceptors (Lipinski definition) is 5. The predicted molar refractivity (Wildman–Crippen MR) is 88.6 cm³/mol. The molecule has 1 aromatic carbocycles. The molecule has 5 heteroatoms. The third-order valence-electron chi connectivity index (χ3n) is 3.80. The van der Waals surface area contributed by atoms with E-state index in [9.17, 15) is 5.11 Å². The number of aryl methyl sites for hydroxylation is 1. The van der Waals surface area contributed by atoms with Crippen LogP contribution >= 0.6 is 0 Å². The van der Waals surface area contributed by atoms with Crippen LogP contribution in [0.5, 0.6) is 0 Å². The van der Waals surface area contributed by atoms with E-state index < -0.39 is 0 Å². The van der Waals surface area contributed by atoms with Crippen molar-refractivity contribution in [1.82, 2.24) is 9.97 Å². The van der Waals surface area contributed by atoms with Crippen LogP contribution in [0, 0.1) is 6.92 Å². The maximum atomic E-state index is 9.19. The van der Waals surface area contributed by atoms with Gasteiger partial charge in [0, 0.05) is 23.7 Å². The van der Waals surface area contributed by atoms with Crippen molar-refractivity contribution in [2.45, 2.75) is 38.6 Å². The summed E-state index contributed by atoms with van der Waals surface area (Å²) in [5.74, 6) is 1.91. The van der Waals surface area contributed by atoms with Crippen molar-refractivity contribution in [2.75, 3.05) is 17.2 Å². The molecule has 1 saturated carbocycles. The second-order valence-electron chi connectivity index (χ2n) is 5.94. The Hall–Kier alpha value is -2.14. The van der Waals surface area contributed by atoms with E-state index in [1.165, 1.54) is 18.4 Å². The van der Waals surface area contributed by atoms with Crippen LogP contribution in [0.4, 0.5) is 17.5 Å². The van der Waals surface area contributed by atoms with Crippen LogP contribution in [0.1, 0.15) is 36.9 Å². The molecule has 5 nitrogen and oxygen atoms in total. The van der Waals surface area contributed by atoms with Gasteiger partial charge in [-0.3, -0.25) is 0 Å². The van der Waals surface area contributed by atoms with Crippen LogP contribution < -0.4 is 10.6 Å². The van der Waals surface area contributed by atoms with E-state index in [0.29, 0.717) is 11.9 Å². The van der Waals surface area contributed by atoms with Gasteiger partial charge in [0.15, 0.2) is 0 Å². The molecule has 22 heavy (non-hydrogen) atoms. The average Bonchev–Trinajstić information content (AvgIpc) is 3.34. The molecule has 1 aromatic heterocycles. The van der Waals surface area contributed by atoms with Crippen LogP contribution in [0.2, 0.25) is 0 Å². The molecule has 0 radical (unpaired) electrons. The minimum absolute atomic E-state index is 0.0531. The van der Waals surface area contributed by atoms with Crippen molar-refractivity contribution in [3.63, 3.8) is 0 Å². The van der Waals surface area contributed by atoms with E-state index in [-0.39, 0.29) is 12.6 Å². The van der Waals surface area contributed by atoms with E-state index in [1.54, 1.807) is 0 Å². The Balaban J connectivity index is 1.87. The zero-order chi connectivity index (χ0) is 15.5. The second kappa shape index (κ2) is 6.32. The highest BCUT2D eigenvalue weighted by Gasteiger charge is 2.26. The summed E-state index contributed by atoms with van der Waals surface area (Å²) < 4.78 is 0. The zero-order valence-electron chi connectivity index (χ0n) is 13.0. The number of nitrogens with one attached hydrogen (secondary N) is 2. The molecule has 1 atom stereocenters. The average molecular weight is 298 g/mol. The van der Waals surface area contributed by atoms with E-state index in [1.807, 2.05) is 31.2 Å². The number of hydrogen-bond donors (Lipinski definition) is 3. The molecule has 116 valence electrons. The zero-order valence-corrected chi connectivity index (χ0v) is 13.0. The summed E-state index contributed by atoms with van der Waals surface area (Å²) in [6.07, 6.45) is 2.38. The predicted octanol–water partition coefficient (Wildman–Crippen LogP) is 3.20. The number of nitrogens with zero attached hydrogens (tertiary/aromatic N) is 2. The SMILES string of the molecule is Cc1ccccc1Nc1cc(C2CC2)nc(N[C@H](C)CO)n1. The first-order chi connectivity index (χ1) is 10.7. The summed E-state index contributed by atoms with van der Waals surface area (Å²) in [5.41, 5.74) is 3.29. The highest BCUT2D eigenvalue weighted by Crippen LogP contribution is 2.40. The number of rotatable bonds is 6. The van der Waals surface area contributed by atoms with Crippen molar-refractivity contribution >= 4 is 17.5 Å². The number of aliphatic hydroxyl groups is 1. The molecule has 1 aliphatic carbocycles. The fraction of sp³-hybridized carbons (Fsp3) is 0.412. The Morgan fingerprint density at radius 2 is 2.05 bits per heavy atom. The lowest BCUT2D eigenvalue weighted by atomic mass is 10.2. The fourth-order valence-electron chi connectivity index (χ4n) is 2.30. The molecular weight excluding hydrogens is 276 g/mol. The van der Waals surface area contributed by atoms with Gasteiger partial charge in [0.2, 0.25) is 5.95 Å². The monoisotopic (exact) mass is 298 g/mol. The summed E-state index contributed by atoms with van der Waals surface area (Å²) >= 11 is 0. The summed E-state index contributed by atoms with van der Waals surface area (Å²) in [7, 11) is 0. The maximum absolute atomic E-state index is 9.19. The van der Waals surface area contributed by atoms with Crippen LogP contribution in [0.3, 0.4) is 0 Å². The van der Waals surface area contributed by atoms with Gasteiger partial charge in [-0.05, 0) is 38.3 Å². The van der Waals surface area contributed by atoms with E-state index >= 15 is 0 Å². The second-order valence-corrected chi connectivity index (χ2v) is 5.94. The Bertz CT molecular complexity index is 655. The minimum atomic E-state index is -0.0687. The Morgan fingerprint density at radius 3 is 2.73 bits per heavy atom. The smallest absolute Gasteiger partial charge is 0.225 e. The van der Waals surface area contributed by atoms with Crippen molar-refractivity contribution in [3.05, 3.63) is 41.6 Å². The lowest BCUT2D eigenvalue weighted by molar-refractivity contribution is 0.281. The maximum Gasteiger partial charge on any atom is 0.225 e. The van der Waals surface area contributed by atoms with E-state index in [2.05, 4.69) is 33.6 Å². The topological polar surface area (TPSA) is 70.1 Å². The molecule has 0 aliphatic heterocycles. The molecule has 0 bridgehead atoms. The van der Waals surface area contributed by atoms with Gasteiger partial charge in [0.05, 0.1) is 12.3 Å². The molecule has 0 saturated heterocycles. The molecule has 0 amide bonds.